The number of nitrogens with zero attached hydrogens (tertiary/aromatic N) is 2. The minimum Gasteiger partial charge on any atom is -0.493 e. The van der Waals surface area contributed by atoms with E-state index in [9.17, 15) is 4.79 Å². The van der Waals surface area contributed by atoms with E-state index in [0.717, 1.165) is 9.75 Å². The van der Waals surface area contributed by atoms with Gasteiger partial charge in [0, 0.05) is 15.8 Å². The van der Waals surface area contributed by atoms with Crippen LogP contribution in [-0.2, 0) is 17.9 Å². The van der Waals surface area contributed by atoms with Crippen molar-refractivity contribution in [3.63, 3.8) is 0 Å². The minimum atomic E-state index is -0.108. The summed E-state index contributed by atoms with van der Waals surface area (Å²) < 4.78 is 10.9. The average molecular weight is 399 g/mol. The molecule has 0 fully saturated rings. The van der Waals surface area contributed by atoms with Gasteiger partial charge in [-0.05, 0) is 35.0 Å². The number of rotatable bonds is 8. The number of hydrogen-bond acceptors (Lipinski definition) is 6. The molecule has 0 unspecified atom stereocenters. The van der Waals surface area contributed by atoms with E-state index in [1.54, 1.807) is 45.8 Å². The molecule has 0 N–H and O–H groups in total. The fourth-order valence-electron chi connectivity index (χ4n) is 2.50. The van der Waals surface area contributed by atoms with Gasteiger partial charge in [0.1, 0.15) is 0 Å². The van der Waals surface area contributed by atoms with E-state index in [1.807, 2.05) is 35.0 Å². The first-order chi connectivity index (χ1) is 13.2. The lowest BCUT2D eigenvalue weighted by Gasteiger charge is -2.22. The van der Waals surface area contributed by atoms with Gasteiger partial charge in [0.05, 0.1) is 31.8 Å². The molecule has 0 aliphatic heterocycles. The summed E-state index contributed by atoms with van der Waals surface area (Å²) in [6.45, 7) is 0.990. The van der Waals surface area contributed by atoms with Crippen LogP contribution in [0.3, 0.4) is 0 Å². The maximum atomic E-state index is 12.8. The Hall–Kier alpha value is -2.82. The van der Waals surface area contributed by atoms with Crippen molar-refractivity contribution in [3.8, 4) is 17.6 Å². The number of ether oxygens (including phenoxy) is 2. The van der Waals surface area contributed by atoms with Crippen molar-refractivity contribution in [2.45, 2.75) is 13.1 Å². The standard InChI is InChI=1S/C20H18N2O3S2/c1-24-19-10-15(11-21)6-7-18(19)25-14-20(23)22(12-16-4-2-8-26-16)13-17-5-3-9-27-17/h2-10H,12-14H2,1H3. The van der Waals surface area contributed by atoms with E-state index in [-0.39, 0.29) is 12.5 Å². The molecule has 2 aromatic heterocycles. The summed E-state index contributed by atoms with van der Waals surface area (Å²) in [5.74, 6) is 0.769. The number of carbonyl (C=O) groups is 1. The lowest BCUT2D eigenvalue weighted by Crippen LogP contribution is -2.33. The van der Waals surface area contributed by atoms with Gasteiger partial charge in [-0.15, -0.1) is 22.7 Å². The fraction of sp³-hybridized carbons (Fsp3) is 0.200. The van der Waals surface area contributed by atoms with Gasteiger partial charge in [0.15, 0.2) is 18.1 Å². The van der Waals surface area contributed by atoms with Crippen LogP contribution < -0.4 is 9.47 Å². The van der Waals surface area contributed by atoms with Crippen LogP contribution >= 0.6 is 22.7 Å². The van der Waals surface area contributed by atoms with Gasteiger partial charge in [-0.1, -0.05) is 12.1 Å². The maximum Gasteiger partial charge on any atom is 0.261 e. The second-order valence-electron chi connectivity index (χ2n) is 5.67. The first kappa shape index (κ1) is 19.0. The molecule has 27 heavy (non-hydrogen) atoms. The van der Waals surface area contributed by atoms with Crippen LogP contribution in [0.25, 0.3) is 0 Å². The highest BCUT2D eigenvalue weighted by molar-refractivity contribution is 7.10. The molecule has 3 rings (SSSR count). The summed E-state index contributed by atoms with van der Waals surface area (Å²) in [6.07, 6.45) is 0. The molecule has 7 heteroatoms. The molecule has 0 radical (unpaired) electrons. The number of benzene rings is 1. The molecule has 0 bridgehead atoms. The van der Waals surface area contributed by atoms with E-state index in [0.29, 0.717) is 30.2 Å². The summed E-state index contributed by atoms with van der Waals surface area (Å²) >= 11 is 3.25. The summed E-state index contributed by atoms with van der Waals surface area (Å²) in [5.41, 5.74) is 0.475. The van der Waals surface area contributed by atoms with Crippen molar-refractivity contribution >= 4 is 28.6 Å². The first-order valence-electron chi connectivity index (χ1n) is 8.23. The largest absolute Gasteiger partial charge is 0.493 e. The second kappa shape index (κ2) is 9.21. The highest BCUT2D eigenvalue weighted by Crippen LogP contribution is 2.28. The summed E-state index contributed by atoms with van der Waals surface area (Å²) in [6, 6.07) is 14.9. The zero-order valence-electron chi connectivity index (χ0n) is 14.8. The quantitative estimate of drug-likeness (QED) is 0.568. The molecular formula is C20H18N2O3S2. The zero-order chi connectivity index (χ0) is 19.1. The Morgan fingerprint density at radius 2 is 1.74 bits per heavy atom. The summed E-state index contributed by atoms with van der Waals surface area (Å²) in [5, 5.41) is 13.0. The van der Waals surface area contributed by atoms with Gasteiger partial charge in [-0.25, -0.2) is 0 Å². The van der Waals surface area contributed by atoms with E-state index in [4.69, 9.17) is 14.7 Å². The molecule has 3 aromatic rings. The Morgan fingerprint density at radius 1 is 1.07 bits per heavy atom. The van der Waals surface area contributed by atoms with E-state index >= 15 is 0 Å². The number of nitriles is 1. The van der Waals surface area contributed by atoms with Crippen LogP contribution in [0.15, 0.2) is 53.2 Å². The minimum absolute atomic E-state index is 0.0982. The van der Waals surface area contributed by atoms with E-state index in [2.05, 4.69) is 6.07 Å². The number of thiophene rings is 2. The molecule has 0 saturated heterocycles. The van der Waals surface area contributed by atoms with Crippen molar-refractivity contribution in [1.29, 1.82) is 5.26 Å². The van der Waals surface area contributed by atoms with Crippen molar-refractivity contribution in [1.82, 2.24) is 4.90 Å². The molecule has 2 heterocycles. The predicted octanol–water partition coefficient (Wildman–Crippen LogP) is 4.30. The molecule has 0 spiro atoms. The van der Waals surface area contributed by atoms with E-state index < -0.39 is 0 Å². The van der Waals surface area contributed by atoms with Gasteiger partial charge in [0.2, 0.25) is 0 Å². The van der Waals surface area contributed by atoms with Crippen LogP contribution in [0, 0.1) is 11.3 Å². The Kier molecular flexibility index (Phi) is 6.47. The molecule has 1 amide bonds. The van der Waals surface area contributed by atoms with Crippen LogP contribution in [0.1, 0.15) is 15.3 Å². The normalized spacial score (nSPS) is 10.2. The third-order valence-electron chi connectivity index (χ3n) is 3.85. The lowest BCUT2D eigenvalue weighted by atomic mass is 10.2. The molecule has 1 aromatic carbocycles. The van der Waals surface area contributed by atoms with Crippen LogP contribution in [0.4, 0.5) is 0 Å². The molecule has 0 aliphatic rings. The van der Waals surface area contributed by atoms with Crippen LogP contribution in [-0.4, -0.2) is 24.5 Å². The Labute approximate surface area is 166 Å². The third kappa shape index (κ3) is 5.09. The van der Waals surface area contributed by atoms with Crippen molar-refractivity contribution in [2.24, 2.45) is 0 Å². The Morgan fingerprint density at radius 3 is 2.26 bits per heavy atom. The van der Waals surface area contributed by atoms with Gasteiger partial charge >= 0.3 is 0 Å². The van der Waals surface area contributed by atoms with Gasteiger partial charge in [0.25, 0.3) is 5.91 Å². The highest BCUT2D eigenvalue weighted by Gasteiger charge is 2.17. The fourth-order valence-corrected chi connectivity index (χ4v) is 3.94. The van der Waals surface area contributed by atoms with Crippen molar-refractivity contribution in [3.05, 3.63) is 68.5 Å². The average Bonchev–Trinajstić information content (AvgIpc) is 3.39. The first-order valence-corrected chi connectivity index (χ1v) is 9.99. The third-order valence-corrected chi connectivity index (χ3v) is 5.57. The number of amides is 1. The monoisotopic (exact) mass is 398 g/mol. The number of hydrogen-bond donors (Lipinski definition) is 0. The zero-order valence-corrected chi connectivity index (χ0v) is 16.4. The number of carbonyl (C=O) groups excluding carboxylic acids is 1. The topological polar surface area (TPSA) is 62.6 Å². The smallest absolute Gasteiger partial charge is 0.261 e. The summed E-state index contributed by atoms with van der Waals surface area (Å²) in [7, 11) is 1.51. The predicted molar refractivity (Wildman–Crippen MR) is 106 cm³/mol. The van der Waals surface area contributed by atoms with Crippen molar-refractivity contribution in [2.75, 3.05) is 13.7 Å². The molecule has 0 atom stereocenters. The highest BCUT2D eigenvalue weighted by atomic mass is 32.1. The lowest BCUT2D eigenvalue weighted by molar-refractivity contribution is -0.134. The van der Waals surface area contributed by atoms with Gasteiger partial charge < -0.3 is 14.4 Å². The molecular weight excluding hydrogens is 380 g/mol. The Balaban J connectivity index is 1.69. The van der Waals surface area contributed by atoms with E-state index in [1.165, 1.54) is 7.11 Å². The molecule has 138 valence electrons. The van der Waals surface area contributed by atoms with Gasteiger partial charge in [-0.2, -0.15) is 5.26 Å². The number of methoxy groups -OCH3 is 1. The van der Waals surface area contributed by atoms with Crippen molar-refractivity contribution < 1.29 is 14.3 Å². The SMILES string of the molecule is COc1cc(C#N)ccc1OCC(=O)N(Cc1cccs1)Cc1cccs1. The van der Waals surface area contributed by atoms with Gasteiger partial charge in [-0.3, -0.25) is 4.79 Å². The molecule has 5 nitrogen and oxygen atoms in total. The Bertz CT molecular complexity index is 879. The van der Waals surface area contributed by atoms with Crippen LogP contribution in [0.5, 0.6) is 11.5 Å². The summed E-state index contributed by atoms with van der Waals surface area (Å²) in [4.78, 5) is 16.8. The molecule has 0 aliphatic carbocycles. The molecule has 0 saturated carbocycles. The van der Waals surface area contributed by atoms with Crippen LogP contribution in [0.2, 0.25) is 0 Å². The second-order valence-corrected chi connectivity index (χ2v) is 7.74. The maximum absolute atomic E-state index is 12.8.